The average molecular weight is 205 g/mol. The molecule has 0 aliphatic heterocycles. The maximum absolute atomic E-state index is 10.5. The predicted molar refractivity (Wildman–Crippen MR) is 52.6 cm³/mol. The van der Waals surface area contributed by atoms with Gasteiger partial charge in [-0.15, -0.1) is 0 Å². The SMILES string of the molecule is COc1ccc([N+](=O)[O-])cc1C#CC=O. The van der Waals surface area contributed by atoms with Crippen LogP contribution in [0.5, 0.6) is 5.75 Å². The van der Waals surface area contributed by atoms with Crippen LogP contribution < -0.4 is 4.74 Å². The highest BCUT2D eigenvalue weighted by molar-refractivity contribution is 5.74. The molecule has 0 saturated carbocycles. The van der Waals surface area contributed by atoms with E-state index in [9.17, 15) is 14.9 Å². The van der Waals surface area contributed by atoms with Gasteiger partial charge in [0.25, 0.3) is 5.69 Å². The van der Waals surface area contributed by atoms with Gasteiger partial charge < -0.3 is 4.74 Å². The lowest BCUT2D eigenvalue weighted by Gasteiger charge is -2.01. The van der Waals surface area contributed by atoms with Crippen molar-refractivity contribution in [1.29, 1.82) is 0 Å². The van der Waals surface area contributed by atoms with Gasteiger partial charge in [0.15, 0.2) is 6.29 Å². The van der Waals surface area contributed by atoms with Crippen molar-refractivity contribution in [3.05, 3.63) is 33.9 Å². The van der Waals surface area contributed by atoms with Gasteiger partial charge in [0, 0.05) is 12.1 Å². The van der Waals surface area contributed by atoms with Gasteiger partial charge in [-0.05, 0) is 12.0 Å². The Morgan fingerprint density at radius 3 is 2.80 bits per heavy atom. The van der Waals surface area contributed by atoms with Crippen molar-refractivity contribution in [3.8, 4) is 17.6 Å². The molecule has 1 aromatic carbocycles. The zero-order valence-corrected chi connectivity index (χ0v) is 7.89. The Kier molecular flexibility index (Phi) is 3.41. The maximum Gasteiger partial charge on any atom is 0.270 e. The second-order valence-electron chi connectivity index (χ2n) is 2.53. The van der Waals surface area contributed by atoms with Crippen molar-refractivity contribution >= 4 is 12.0 Å². The molecule has 5 heteroatoms. The van der Waals surface area contributed by atoms with E-state index in [1.807, 2.05) is 0 Å². The lowest BCUT2D eigenvalue weighted by atomic mass is 10.2. The summed E-state index contributed by atoms with van der Waals surface area (Å²) in [5.74, 6) is 5.03. The minimum atomic E-state index is -0.536. The van der Waals surface area contributed by atoms with Crippen LogP contribution in [0.2, 0.25) is 0 Å². The normalized spacial score (nSPS) is 8.60. The Morgan fingerprint density at radius 1 is 1.53 bits per heavy atom. The number of hydrogen-bond acceptors (Lipinski definition) is 4. The fourth-order valence-corrected chi connectivity index (χ4v) is 1.01. The third-order valence-electron chi connectivity index (χ3n) is 1.66. The number of non-ortho nitro benzene ring substituents is 1. The van der Waals surface area contributed by atoms with Crippen LogP contribution in [0.1, 0.15) is 5.56 Å². The highest BCUT2D eigenvalue weighted by Crippen LogP contribution is 2.22. The van der Waals surface area contributed by atoms with E-state index in [-0.39, 0.29) is 5.69 Å². The topological polar surface area (TPSA) is 69.4 Å². The largest absolute Gasteiger partial charge is 0.495 e. The van der Waals surface area contributed by atoms with Crippen molar-refractivity contribution in [1.82, 2.24) is 0 Å². The molecule has 0 radical (unpaired) electrons. The summed E-state index contributed by atoms with van der Waals surface area (Å²) in [6, 6.07) is 4.01. The number of carbonyl (C=O) groups excluding carboxylic acids is 1. The van der Waals surface area contributed by atoms with Gasteiger partial charge >= 0.3 is 0 Å². The van der Waals surface area contributed by atoms with Crippen LogP contribution in [0.3, 0.4) is 0 Å². The number of benzene rings is 1. The first-order valence-corrected chi connectivity index (χ1v) is 3.96. The molecule has 0 N–H and O–H groups in total. The number of hydrogen-bond donors (Lipinski definition) is 0. The molecule has 0 aliphatic rings. The van der Waals surface area contributed by atoms with Gasteiger partial charge in [0.05, 0.1) is 17.6 Å². The van der Waals surface area contributed by atoms with Gasteiger partial charge in [-0.25, -0.2) is 0 Å². The van der Waals surface area contributed by atoms with E-state index in [4.69, 9.17) is 4.74 Å². The Morgan fingerprint density at radius 2 is 2.27 bits per heavy atom. The van der Waals surface area contributed by atoms with E-state index in [2.05, 4.69) is 11.8 Å². The summed E-state index contributed by atoms with van der Waals surface area (Å²) in [6.45, 7) is 0. The van der Waals surface area contributed by atoms with E-state index in [1.54, 1.807) is 0 Å². The Balaban J connectivity index is 3.24. The molecule has 0 spiro atoms. The number of methoxy groups -OCH3 is 1. The summed E-state index contributed by atoms with van der Waals surface area (Å²) in [7, 11) is 1.42. The molecule has 0 fully saturated rings. The number of aldehydes is 1. The molecular weight excluding hydrogens is 198 g/mol. The molecule has 1 aromatic rings. The minimum absolute atomic E-state index is 0.0917. The lowest BCUT2D eigenvalue weighted by molar-refractivity contribution is -0.384. The van der Waals surface area contributed by atoms with Crippen LogP contribution in [0, 0.1) is 22.0 Å². The van der Waals surface area contributed by atoms with Crippen molar-refractivity contribution in [3.63, 3.8) is 0 Å². The molecule has 5 nitrogen and oxygen atoms in total. The quantitative estimate of drug-likeness (QED) is 0.314. The zero-order chi connectivity index (χ0) is 11.3. The lowest BCUT2D eigenvalue weighted by Crippen LogP contribution is -1.92. The third-order valence-corrected chi connectivity index (χ3v) is 1.66. The number of rotatable bonds is 2. The van der Waals surface area contributed by atoms with Crippen LogP contribution >= 0.6 is 0 Å². The van der Waals surface area contributed by atoms with Crippen LogP contribution in [0.25, 0.3) is 0 Å². The number of nitro benzene ring substituents is 1. The van der Waals surface area contributed by atoms with Crippen molar-refractivity contribution in [2.45, 2.75) is 0 Å². The van der Waals surface area contributed by atoms with Crippen LogP contribution in [0.15, 0.2) is 18.2 Å². The highest BCUT2D eigenvalue weighted by atomic mass is 16.6. The van der Waals surface area contributed by atoms with Crippen LogP contribution in [-0.4, -0.2) is 18.3 Å². The Hall–Kier alpha value is -2.35. The first kappa shape index (κ1) is 10.7. The minimum Gasteiger partial charge on any atom is -0.495 e. The summed E-state index contributed by atoms with van der Waals surface area (Å²) >= 11 is 0. The highest BCUT2D eigenvalue weighted by Gasteiger charge is 2.09. The first-order valence-electron chi connectivity index (χ1n) is 3.96. The molecular formula is C10H7NO4. The van der Waals surface area contributed by atoms with E-state index in [0.717, 1.165) is 0 Å². The molecule has 0 aliphatic carbocycles. The smallest absolute Gasteiger partial charge is 0.270 e. The molecule has 0 heterocycles. The van der Waals surface area contributed by atoms with Gasteiger partial charge in [0.2, 0.25) is 0 Å². The Bertz CT molecular complexity index is 456. The zero-order valence-electron chi connectivity index (χ0n) is 7.89. The van der Waals surface area contributed by atoms with Crippen molar-refractivity contribution < 1.29 is 14.5 Å². The average Bonchev–Trinajstić information content (AvgIpc) is 2.25. The summed E-state index contributed by atoms with van der Waals surface area (Å²) in [5, 5.41) is 10.5. The molecule has 0 amide bonds. The summed E-state index contributed by atoms with van der Waals surface area (Å²) in [4.78, 5) is 20.0. The molecule has 0 bridgehead atoms. The fraction of sp³-hybridized carbons (Fsp3) is 0.100. The monoisotopic (exact) mass is 205 g/mol. The number of nitro groups is 1. The van der Waals surface area contributed by atoms with E-state index in [1.165, 1.54) is 25.3 Å². The summed E-state index contributed by atoms with van der Waals surface area (Å²) in [6.07, 6.45) is 0.415. The second kappa shape index (κ2) is 4.77. The summed E-state index contributed by atoms with van der Waals surface area (Å²) in [5.41, 5.74) is 0.227. The molecule has 76 valence electrons. The maximum atomic E-state index is 10.5. The third kappa shape index (κ3) is 2.54. The number of ether oxygens (including phenoxy) is 1. The predicted octanol–water partition coefficient (Wildman–Crippen LogP) is 1.15. The van der Waals surface area contributed by atoms with E-state index in [0.29, 0.717) is 17.6 Å². The molecule has 0 saturated heterocycles. The standard InChI is InChI=1S/C10H7NO4/c1-15-10-5-4-9(11(13)14)7-8(10)3-2-6-12/h4-7H,1H3. The first-order chi connectivity index (χ1) is 7.19. The number of carbonyl (C=O) groups is 1. The second-order valence-corrected chi connectivity index (χ2v) is 2.53. The van der Waals surface area contributed by atoms with Crippen molar-refractivity contribution in [2.75, 3.05) is 7.11 Å². The van der Waals surface area contributed by atoms with Crippen LogP contribution in [-0.2, 0) is 4.79 Å². The van der Waals surface area contributed by atoms with Gasteiger partial charge in [-0.1, -0.05) is 5.92 Å². The molecule has 0 atom stereocenters. The van der Waals surface area contributed by atoms with Crippen LogP contribution in [0.4, 0.5) is 5.69 Å². The van der Waals surface area contributed by atoms with Crippen molar-refractivity contribution in [2.24, 2.45) is 0 Å². The van der Waals surface area contributed by atoms with E-state index >= 15 is 0 Å². The van der Waals surface area contributed by atoms with E-state index < -0.39 is 4.92 Å². The van der Waals surface area contributed by atoms with Gasteiger partial charge in [-0.2, -0.15) is 0 Å². The molecule has 0 aromatic heterocycles. The summed E-state index contributed by atoms with van der Waals surface area (Å²) < 4.78 is 4.94. The number of nitrogens with zero attached hydrogens (tertiary/aromatic N) is 1. The molecule has 0 unspecified atom stereocenters. The van der Waals surface area contributed by atoms with Gasteiger partial charge in [-0.3, -0.25) is 14.9 Å². The molecule has 1 rings (SSSR count). The molecule has 15 heavy (non-hydrogen) atoms. The van der Waals surface area contributed by atoms with Gasteiger partial charge in [0.1, 0.15) is 5.75 Å². The fourth-order valence-electron chi connectivity index (χ4n) is 1.01. The Labute approximate surface area is 85.8 Å².